The predicted molar refractivity (Wildman–Crippen MR) is 63.3 cm³/mol. The zero-order valence-electron chi connectivity index (χ0n) is 9.35. The van der Waals surface area contributed by atoms with Crippen LogP contribution in [0.25, 0.3) is 0 Å². The summed E-state index contributed by atoms with van der Waals surface area (Å²) in [5.74, 6) is -0.651. The van der Waals surface area contributed by atoms with Gasteiger partial charge in [0.1, 0.15) is 6.04 Å². The first-order valence-electron chi connectivity index (χ1n) is 5.54. The fourth-order valence-electron chi connectivity index (χ4n) is 1.78. The van der Waals surface area contributed by atoms with Crippen LogP contribution in [0.3, 0.4) is 0 Å². The maximum Gasteiger partial charge on any atom is 0.251 e. The van der Waals surface area contributed by atoms with Gasteiger partial charge in [-0.05, 0) is 12.1 Å². The van der Waals surface area contributed by atoms with Gasteiger partial charge in [-0.3, -0.25) is 9.59 Å². The van der Waals surface area contributed by atoms with E-state index in [2.05, 4.69) is 10.6 Å². The highest BCUT2D eigenvalue weighted by molar-refractivity contribution is 5.97. The maximum absolute atomic E-state index is 11.9. The quantitative estimate of drug-likeness (QED) is 0.655. The van der Waals surface area contributed by atoms with Gasteiger partial charge in [0.15, 0.2) is 0 Å². The summed E-state index contributed by atoms with van der Waals surface area (Å²) >= 11 is 0. The highest BCUT2D eigenvalue weighted by Gasteiger charge is 2.32. The Morgan fingerprint density at radius 2 is 1.94 bits per heavy atom. The zero-order valence-corrected chi connectivity index (χ0v) is 9.35. The van der Waals surface area contributed by atoms with E-state index < -0.39 is 11.9 Å². The van der Waals surface area contributed by atoms with Crippen LogP contribution < -0.4 is 16.4 Å². The van der Waals surface area contributed by atoms with Gasteiger partial charge in [0, 0.05) is 24.6 Å². The van der Waals surface area contributed by atoms with Crippen LogP contribution in [-0.2, 0) is 4.79 Å². The second-order valence-corrected chi connectivity index (χ2v) is 4.14. The van der Waals surface area contributed by atoms with Gasteiger partial charge in [0.05, 0.1) is 0 Å². The number of nitrogens with one attached hydrogen (secondary N) is 2. The summed E-state index contributed by atoms with van der Waals surface area (Å²) in [6.07, 6.45) is 0. The topological polar surface area (TPSA) is 84.2 Å². The van der Waals surface area contributed by atoms with E-state index >= 15 is 0 Å². The third kappa shape index (κ3) is 2.62. The first kappa shape index (κ1) is 11.6. The fourth-order valence-corrected chi connectivity index (χ4v) is 1.78. The Bertz CT molecular complexity index is 415. The number of hydrogen-bond acceptors (Lipinski definition) is 3. The molecule has 2 amide bonds. The summed E-state index contributed by atoms with van der Waals surface area (Å²) in [5.41, 5.74) is 5.83. The van der Waals surface area contributed by atoms with Crippen LogP contribution >= 0.6 is 0 Å². The second-order valence-electron chi connectivity index (χ2n) is 4.14. The standard InChI is InChI=1S/C12H15N3O2/c13-11(16)10(9-6-14-7-9)15-12(17)8-4-2-1-3-5-8/h1-5,9-10,14H,6-7H2,(H2,13,16)(H,15,17). The van der Waals surface area contributed by atoms with Gasteiger partial charge in [0.25, 0.3) is 5.91 Å². The van der Waals surface area contributed by atoms with E-state index in [9.17, 15) is 9.59 Å². The number of amides is 2. The Hall–Kier alpha value is -1.88. The SMILES string of the molecule is NC(=O)C(NC(=O)c1ccccc1)C1CNC1. The fraction of sp³-hybridized carbons (Fsp3) is 0.333. The molecular weight excluding hydrogens is 218 g/mol. The molecule has 17 heavy (non-hydrogen) atoms. The Morgan fingerprint density at radius 3 is 2.41 bits per heavy atom. The zero-order chi connectivity index (χ0) is 12.3. The van der Waals surface area contributed by atoms with Gasteiger partial charge in [-0.2, -0.15) is 0 Å². The summed E-state index contributed by atoms with van der Waals surface area (Å²) in [5, 5.41) is 5.73. The molecule has 1 aromatic carbocycles. The lowest BCUT2D eigenvalue weighted by Crippen LogP contribution is -2.59. The Labute approximate surface area is 99.4 Å². The molecule has 1 aromatic rings. The molecule has 90 valence electrons. The number of carbonyl (C=O) groups is 2. The van der Waals surface area contributed by atoms with Gasteiger partial charge in [0.2, 0.25) is 5.91 Å². The van der Waals surface area contributed by atoms with Crippen molar-refractivity contribution in [2.75, 3.05) is 13.1 Å². The van der Waals surface area contributed by atoms with Crippen molar-refractivity contribution in [2.24, 2.45) is 11.7 Å². The van der Waals surface area contributed by atoms with Crippen molar-refractivity contribution < 1.29 is 9.59 Å². The molecule has 0 aliphatic carbocycles. The number of hydrogen-bond donors (Lipinski definition) is 3. The van der Waals surface area contributed by atoms with Crippen molar-refractivity contribution >= 4 is 11.8 Å². The molecule has 0 spiro atoms. The molecule has 1 saturated heterocycles. The van der Waals surface area contributed by atoms with Crippen molar-refractivity contribution in [1.29, 1.82) is 0 Å². The van der Waals surface area contributed by atoms with E-state index in [0.717, 1.165) is 0 Å². The maximum atomic E-state index is 11.9. The third-order valence-corrected chi connectivity index (χ3v) is 2.91. The lowest BCUT2D eigenvalue weighted by atomic mass is 9.93. The highest BCUT2D eigenvalue weighted by atomic mass is 16.2. The molecule has 0 bridgehead atoms. The monoisotopic (exact) mass is 233 g/mol. The predicted octanol–water partition coefficient (Wildman–Crippen LogP) is -0.510. The van der Waals surface area contributed by atoms with Crippen LogP contribution in [0.4, 0.5) is 0 Å². The lowest BCUT2D eigenvalue weighted by molar-refractivity contribution is -0.121. The molecule has 2 rings (SSSR count). The molecule has 1 fully saturated rings. The van der Waals surface area contributed by atoms with Crippen molar-refractivity contribution in [3.8, 4) is 0 Å². The van der Waals surface area contributed by atoms with Gasteiger partial charge >= 0.3 is 0 Å². The van der Waals surface area contributed by atoms with Crippen LogP contribution in [0.1, 0.15) is 10.4 Å². The minimum Gasteiger partial charge on any atom is -0.368 e. The normalized spacial score (nSPS) is 16.9. The second kappa shape index (κ2) is 4.97. The summed E-state index contributed by atoms with van der Waals surface area (Å²) in [7, 11) is 0. The molecule has 0 aromatic heterocycles. The van der Waals surface area contributed by atoms with E-state index in [1.807, 2.05) is 6.07 Å². The lowest BCUT2D eigenvalue weighted by Gasteiger charge is -2.33. The largest absolute Gasteiger partial charge is 0.368 e. The van der Waals surface area contributed by atoms with E-state index in [4.69, 9.17) is 5.73 Å². The summed E-state index contributed by atoms with van der Waals surface area (Å²) in [6.45, 7) is 1.42. The molecule has 0 radical (unpaired) electrons. The smallest absolute Gasteiger partial charge is 0.251 e. The van der Waals surface area contributed by atoms with Crippen molar-refractivity contribution in [3.63, 3.8) is 0 Å². The number of primary amides is 1. The number of nitrogens with two attached hydrogens (primary N) is 1. The molecule has 0 saturated carbocycles. The van der Waals surface area contributed by atoms with Crippen LogP contribution in [0, 0.1) is 5.92 Å². The first-order chi connectivity index (χ1) is 8.18. The van der Waals surface area contributed by atoms with Crippen LogP contribution in [-0.4, -0.2) is 30.9 Å². The molecule has 1 aliphatic rings. The number of benzene rings is 1. The van der Waals surface area contributed by atoms with E-state index in [1.54, 1.807) is 24.3 Å². The Kier molecular flexibility index (Phi) is 3.39. The van der Waals surface area contributed by atoms with Crippen LogP contribution in [0.5, 0.6) is 0 Å². The molecule has 5 nitrogen and oxygen atoms in total. The van der Waals surface area contributed by atoms with Crippen molar-refractivity contribution in [1.82, 2.24) is 10.6 Å². The van der Waals surface area contributed by atoms with Crippen molar-refractivity contribution in [3.05, 3.63) is 35.9 Å². The van der Waals surface area contributed by atoms with Crippen LogP contribution in [0.15, 0.2) is 30.3 Å². The van der Waals surface area contributed by atoms with E-state index in [-0.39, 0.29) is 11.8 Å². The summed E-state index contributed by atoms with van der Waals surface area (Å²) < 4.78 is 0. The van der Waals surface area contributed by atoms with Gasteiger partial charge in [-0.15, -0.1) is 0 Å². The summed E-state index contributed by atoms with van der Waals surface area (Å²) in [6, 6.07) is 8.19. The van der Waals surface area contributed by atoms with Crippen molar-refractivity contribution in [2.45, 2.75) is 6.04 Å². The Morgan fingerprint density at radius 1 is 1.29 bits per heavy atom. The number of rotatable bonds is 4. The van der Waals surface area contributed by atoms with E-state index in [0.29, 0.717) is 18.7 Å². The third-order valence-electron chi connectivity index (χ3n) is 2.91. The number of carbonyl (C=O) groups excluding carboxylic acids is 2. The van der Waals surface area contributed by atoms with Gasteiger partial charge in [-0.1, -0.05) is 18.2 Å². The van der Waals surface area contributed by atoms with E-state index in [1.165, 1.54) is 0 Å². The highest BCUT2D eigenvalue weighted by Crippen LogP contribution is 2.10. The molecule has 1 unspecified atom stereocenters. The molecule has 5 heteroatoms. The molecule has 1 atom stereocenters. The molecule has 1 heterocycles. The van der Waals surface area contributed by atoms with Gasteiger partial charge < -0.3 is 16.4 Å². The van der Waals surface area contributed by atoms with Gasteiger partial charge in [-0.25, -0.2) is 0 Å². The first-order valence-corrected chi connectivity index (χ1v) is 5.54. The molecule has 4 N–H and O–H groups in total. The van der Waals surface area contributed by atoms with Crippen LogP contribution in [0.2, 0.25) is 0 Å². The minimum absolute atomic E-state index is 0.0974. The average Bonchev–Trinajstić information content (AvgIpc) is 2.26. The summed E-state index contributed by atoms with van der Waals surface area (Å²) in [4.78, 5) is 23.1. The average molecular weight is 233 g/mol. The molecule has 1 aliphatic heterocycles. The Balaban J connectivity index is 2.03. The molecular formula is C12H15N3O2. The minimum atomic E-state index is -0.594.